The van der Waals surface area contributed by atoms with Crippen LogP contribution in [0.4, 0.5) is 0 Å². The average Bonchev–Trinajstić information content (AvgIpc) is 3.28. The molecule has 1 atom stereocenters. The van der Waals surface area contributed by atoms with Gasteiger partial charge in [-0.1, -0.05) is 6.07 Å². The van der Waals surface area contributed by atoms with Crippen LogP contribution in [0.2, 0.25) is 0 Å². The number of tetrazole rings is 1. The molecule has 2 heterocycles. The number of aromatic nitrogens is 4. The predicted octanol–water partition coefficient (Wildman–Crippen LogP) is 1.29. The molecular formula is C16H18N6O2. The number of nitrogens with one attached hydrogen (secondary N) is 1. The van der Waals surface area contributed by atoms with Crippen LogP contribution in [0.5, 0.6) is 0 Å². The lowest BCUT2D eigenvalue weighted by Gasteiger charge is -2.22. The molecule has 24 heavy (non-hydrogen) atoms. The molecule has 1 aromatic carbocycles. The van der Waals surface area contributed by atoms with Gasteiger partial charge < -0.3 is 9.73 Å². The second-order valence-electron chi connectivity index (χ2n) is 5.51. The van der Waals surface area contributed by atoms with Crippen LogP contribution < -0.4 is 5.32 Å². The summed E-state index contributed by atoms with van der Waals surface area (Å²) in [6, 6.07) is 10.8. The van der Waals surface area contributed by atoms with Gasteiger partial charge in [-0.05, 0) is 54.9 Å². The third-order valence-electron chi connectivity index (χ3n) is 3.67. The summed E-state index contributed by atoms with van der Waals surface area (Å²) in [7, 11) is 3.88. The summed E-state index contributed by atoms with van der Waals surface area (Å²) in [6.07, 6.45) is 3.11. The van der Waals surface area contributed by atoms with Crippen molar-refractivity contribution < 1.29 is 9.21 Å². The van der Waals surface area contributed by atoms with Crippen LogP contribution in [0, 0.1) is 0 Å². The molecule has 3 aromatic rings. The summed E-state index contributed by atoms with van der Waals surface area (Å²) >= 11 is 0. The van der Waals surface area contributed by atoms with E-state index in [0.717, 1.165) is 11.4 Å². The number of nitrogens with zero attached hydrogens (tertiary/aromatic N) is 5. The Balaban J connectivity index is 1.70. The van der Waals surface area contributed by atoms with E-state index in [1.54, 1.807) is 24.5 Å². The minimum Gasteiger partial charge on any atom is -0.468 e. The van der Waals surface area contributed by atoms with Gasteiger partial charge in [0.25, 0.3) is 5.91 Å². The Morgan fingerprint density at radius 2 is 2.21 bits per heavy atom. The number of carbonyl (C=O) groups is 1. The lowest BCUT2D eigenvalue weighted by Crippen LogP contribution is -2.34. The summed E-state index contributed by atoms with van der Waals surface area (Å²) in [4.78, 5) is 14.4. The van der Waals surface area contributed by atoms with Crippen molar-refractivity contribution in [3.63, 3.8) is 0 Å². The zero-order valence-electron chi connectivity index (χ0n) is 13.5. The number of likely N-dealkylation sites (N-methyl/N-ethyl adjacent to an activating group) is 1. The largest absolute Gasteiger partial charge is 0.468 e. The van der Waals surface area contributed by atoms with Gasteiger partial charge in [0.15, 0.2) is 0 Å². The van der Waals surface area contributed by atoms with Gasteiger partial charge in [-0.25, -0.2) is 4.68 Å². The molecule has 0 radical (unpaired) electrons. The van der Waals surface area contributed by atoms with E-state index in [0.29, 0.717) is 12.1 Å². The molecule has 2 aromatic heterocycles. The maximum Gasteiger partial charge on any atom is 0.251 e. The van der Waals surface area contributed by atoms with E-state index in [-0.39, 0.29) is 11.9 Å². The van der Waals surface area contributed by atoms with Crippen molar-refractivity contribution in [1.82, 2.24) is 30.4 Å². The van der Waals surface area contributed by atoms with Gasteiger partial charge in [-0.2, -0.15) is 0 Å². The first-order valence-corrected chi connectivity index (χ1v) is 7.46. The number of hydrogen-bond donors (Lipinski definition) is 1. The fourth-order valence-corrected chi connectivity index (χ4v) is 2.38. The van der Waals surface area contributed by atoms with Crippen molar-refractivity contribution in [1.29, 1.82) is 0 Å². The topological polar surface area (TPSA) is 89.1 Å². The highest BCUT2D eigenvalue weighted by atomic mass is 16.3. The molecule has 0 aliphatic rings. The fourth-order valence-electron chi connectivity index (χ4n) is 2.38. The Kier molecular flexibility index (Phi) is 4.66. The summed E-state index contributed by atoms with van der Waals surface area (Å²) in [5.74, 6) is 0.645. The van der Waals surface area contributed by atoms with Crippen molar-refractivity contribution in [3.05, 3.63) is 60.3 Å². The minimum atomic E-state index is -0.164. The molecule has 0 saturated carbocycles. The third-order valence-corrected chi connectivity index (χ3v) is 3.67. The summed E-state index contributed by atoms with van der Waals surface area (Å²) < 4.78 is 6.95. The number of rotatable bonds is 6. The van der Waals surface area contributed by atoms with Gasteiger partial charge in [0.2, 0.25) is 0 Å². The van der Waals surface area contributed by atoms with E-state index < -0.39 is 0 Å². The molecule has 0 bridgehead atoms. The first kappa shape index (κ1) is 15.9. The lowest BCUT2D eigenvalue weighted by molar-refractivity contribution is 0.0939. The predicted molar refractivity (Wildman–Crippen MR) is 86.6 cm³/mol. The van der Waals surface area contributed by atoms with Gasteiger partial charge in [-0.3, -0.25) is 9.69 Å². The Hall–Kier alpha value is -3.00. The van der Waals surface area contributed by atoms with Crippen molar-refractivity contribution in [3.8, 4) is 5.69 Å². The first-order chi connectivity index (χ1) is 11.6. The van der Waals surface area contributed by atoms with Crippen LogP contribution in [-0.4, -0.2) is 51.7 Å². The highest BCUT2D eigenvalue weighted by Crippen LogP contribution is 2.18. The normalized spacial score (nSPS) is 12.3. The highest BCUT2D eigenvalue weighted by Gasteiger charge is 2.18. The Labute approximate surface area is 139 Å². The molecule has 1 unspecified atom stereocenters. The molecule has 0 aliphatic heterocycles. The Morgan fingerprint density at radius 1 is 1.33 bits per heavy atom. The lowest BCUT2D eigenvalue weighted by atomic mass is 10.1. The molecule has 0 spiro atoms. The van der Waals surface area contributed by atoms with E-state index in [9.17, 15) is 4.79 Å². The highest BCUT2D eigenvalue weighted by molar-refractivity contribution is 5.94. The molecule has 8 heteroatoms. The third kappa shape index (κ3) is 3.49. The standard InChI is InChI=1S/C16H18N6O2/c1-21(2)14(15-7-4-8-24-15)10-17-16(23)12-5-3-6-13(9-12)22-11-18-19-20-22/h3-9,11,14H,10H2,1-2H3,(H,17,23). The van der Waals surface area contributed by atoms with Crippen LogP contribution in [-0.2, 0) is 0 Å². The van der Waals surface area contributed by atoms with Crippen molar-refractivity contribution in [2.75, 3.05) is 20.6 Å². The van der Waals surface area contributed by atoms with Crippen LogP contribution in [0.25, 0.3) is 5.69 Å². The maximum atomic E-state index is 12.4. The van der Waals surface area contributed by atoms with Gasteiger partial charge in [0, 0.05) is 12.1 Å². The number of hydrogen-bond acceptors (Lipinski definition) is 6. The SMILES string of the molecule is CN(C)C(CNC(=O)c1cccc(-n2cnnn2)c1)c1ccco1. The molecule has 0 fully saturated rings. The fraction of sp³-hybridized carbons (Fsp3) is 0.250. The number of amides is 1. The van der Waals surface area contributed by atoms with E-state index >= 15 is 0 Å². The molecule has 8 nitrogen and oxygen atoms in total. The molecule has 3 rings (SSSR count). The van der Waals surface area contributed by atoms with E-state index in [2.05, 4.69) is 20.8 Å². The average molecular weight is 326 g/mol. The molecule has 0 aliphatic carbocycles. The van der Waals surface area contributed by atoms with Crippen molar-refractivity contribution >= 4 is 5.91 Å². The van der Waals surface area contributed by atoms with Crippen LogP contribution in [0.1, 0.15) is 22.2 Å². The molecule has 0 saturated heterocycles. The zero-order valence-corrected chi connectivity index (χ0v) is 13.5. The van der Waals surface area contributed by atoms with Crippen LogP contribution in [0.3, 0.4) is 0 Å². The van der Waals surface area contributed by atoms with Crippen molar-refractivity contribution in [2.45, 2.75) is 6.04 Å². The molecule has 1 amide bonds. The van der Waals surface area contributed by atoms with Crippen LogP contribution >= 0.6 is 0 Å². The molecule has 124 valence electrons. The van der Waals surface area contributed by atoms with Gasteiger partial charge in [-0.15, -0.1) is 5.10 Å². The van der Waals surface area contributed by atoms with Crippen LogP contribution in [0.15, 0.2) is 53.4 Å². The van der Waals surface area contributed by atoms with E-state index in [1.165, 1.54) is 11.0 Å². The first-order valence-electron chi connectivity index (χ1n) is 7.46. The second-order valence-corrected chi connectivity index (χ2v) is 5.51. The van der Waals surface area contributed by atoms with Gasteiger partial charge in [0.05, 0.1) is 18.0 Å². The Bertz CT molecular complexity index is 783. The smallest absolute Gasteiger partial charge is 0.251 e. The summed E-state index contributed by atoms with van der Waals surface area (Å²) in [5, 5.41) is 14.0. The minimum absolute atomic E-state index is 0.0355. The number of carbonyl (C=O) groups excluding carboxylic acids is 1. The zero-order chi connectivity index (χ0) is 16.9. The molecule has 1 N–H and O–H groups in total. The second kappa shape index (κ2) is 7.05. The maximum absolute atomic E-state index is 12.4. The van der Waals surface area contributed by atoms with Crippen molar-refractivity contribution in [2.24, 2.45) is 0 Å². The summed E-state index contributed by atoms with van der Waals surface area (Å²) in [5.41, 5.74) is 1.27. The number of furan rings is 1. The summed E-state index contributed by atoms with van der Waals surface area (Å²) in [6.45, 7) is 0.439. The molecular weight excluding hydrogens is 308 g/mol. The van der Waals surface area contributed by atoms with Gasteiger partial charge >= 0.3 is 0 Å². The van der Waals surface area contributed by atoms with E-state index in [4.69, 9.17) is 4.42 Å². The van der Waals surface area contributed by atoms with E-state index in [1.807, 2.05) is 37.2 Å². The van der Waals surface area contributed by atoms with Gasteiger partial charge in [0.1, 0.15) is 12.1 Å². The quantitative estimate of drug-likeness (QED) is 0.734. The number of benzene rings is 1. The monoisotopic (exact) mass is 326 g/mol. The Morgan fingerprint density at radius 3 is 2.88 bits per heavy atom.